The largest absolute Gasteiger partial charge is 0.383 e. The minimum Gasteiger partial charge on any atom is -0.383 e. The van der Waals surface area contributed by atoms with Crippen LogP contribution in [0.5, 0.6) is 0 Å². The molecule has 1 aliphatic carbocycles. The second kappa shape index (κ2) is 9.01. The summed E-state index contributed by atoms with van der Waals surface area (Å²) >= 11 is 0. The van der Waals surface area contributed by atoms with E-state index in [0.29, 0.717) is 5.41 Å². The molecule has 0 aromatic rings. The molecule has 0 saturated heterocycles. The fourth-order valence-corrected chi connectivity index (χ4v) is 3.31. The van der Waals surface area contributed by atoms with Crippen molar-refractivity contribution in [2.75, 3.05) is 46.9 Å². The lowest BCUT2D eigenvalue weighted by Crippen LogP contribution is -2.35. The van der Waals surface area contributed by atoms with Crippen molar-refractivity contribution in [2.24, 2.45) is 17.3 Å². The summed E-state index contributed by atoms with van der Waals surface area (Å²) in [7, 11) is 4.01. The predicted molar refractivity (Wildman–Crippen MR) is 87.1 cm³/mol. The quantitative estimate of drug-likeness (QED) is 0.694. The van der Waals surface area contributed by atoms with Crippen LogP contribution in [0.3, 0.4) is 0 Å². The molecular weight excluding hydrogens is 248 g/mol. The molecule has 1 saturated carbocycles. The molecule has 1 N–H and O–H groups in total. The van der Waals surface area contributed by atoms with E-state index < -0.39 is 0 Å². The van der Waals surface area contributed by atoms with Crippen LogP contribution in [0.1, 0.15) is 46.5 Å². The second-order valence-corrected chi connectivity index (χ2v) is 7.59. The Morgan fingerprint density at radius 3 is 2.30 bits per heavy atom. The van der Waals surface area contributed by atoms with E-state index in [1.165, 1.54) is 32.2 Å². The SMILES string of the molecule is COCCNCCN(C)CC1CCC(C(C)(C)C)CC1. The maximum absolute atomic E-state index is 5.03. The van der Waals surface area contributed by atoms with Gasteiger partial charge in [0, 0.05) is 33.3 Å². The van der Waals surface area contributed by atoms with Gasteiger partial charge in [-0.25, -0.2) is 0 Å². The number of hydrogen-bond donors (Lipinski definition) is 1. The molecule has 0 bridgehead atoms. The Hall–Kier alpha value is -0.120. The van der Waals surface area contributed by atoms with Gasteiger partial charge in [-0.15, -0.1) is 0 Å². The van der Waals surface area contributed by atoms with Crippen molar-refractivity contribution in [2.45, 2.75) is 46.5 Å². The van der Waals surface area contributed by atoms with E-state index in [1.807, 2.05) is 0 Å². The Bertz CT molecular complexity index is 242. The van der Waals surface area contributed by atoms with Gasteiger partial charge >= 0.3 is 0 Å². The first kappa shape index (κ1) is 17.9. The molecule has 0 aliphatic heterocycles. The first-order chi connectivity index (χ1) is 9.43. The normalized spacial score (nSPS) is 24.3. The van der Waals surface area contributed by atoms with Crippen LogP contribution in [0.25, 0.3) is 0 Å². The molecule has 1 aliphatic rings. The number of rotatable bonds is 8. The highest BCUT2D eigenvalue weighted by atomic mass is 16.5. The molecular formula is C17H36N2O. The van der Waals surface area contributed by atoms with Crippen molar-refractivity contribution in [1.82, 2.24) is 10.2 Å². The van der Waals surface area contributed by atoms with Crippen LogP contribution in [0, 0.1) is 17.3 Å². The molecule has 20 heavy (non-hydrogen) atoms. The van der Waals surface area contributed by atoms with E-state index >= 15 is 0 Å². The highest BCUT2D eigenvalue weighted by Crippen LogP contribution is 2.39. The molecule has 0 atom stereocenters. The Labute approximate surface area is 126 Å². The zero-order chi connectivity index (χ0) is 15.0. The van der Waals surface area contributed by atoms with Gasteiger partial charge in [0.2, 0.25) is 0 Å². The van der Waals surface area contributed by atoms with Crippen molar-refractivity contribution in [3.63, 3.8) is 0 Å². The third-order valence-electron chi connectivity index (χ3n) is 4.79. The molecule has 0 spiro atoms. The predicted octanol–water partition coefficient (Wildman–Crippen LogP) is 3.01. The molecule has 0 heterocycles. The Kier molecular flexibility index (Phi) is 8.08. The van der Waals surface area contributed by atoms with Gasteiger partial charge in [-0.2, -0.15) is 0 Å². The first-order valence-electron chi connectivity index (χ1n) is 8.31. The van der Waals surface area contributed by atoms with Gasteiger partial charge in [-0.05, 0) is 50.0 Å². The summed E-state index contributed by atoms with van der Waals surface area (Å²) in [6.45, 7) is 12.4. The molecule has 0 aromatic carbocycles. The zero-order valence-corrected chi connectivity index (χ0v) is 14.4. The van der Waals surface area contributed by atoms with Crippen molar-refractivity contribution < 1.29 is 4.74 Å². The van der Waals surface area contributed by atoms with Gasteiger partial charge in [0.05, 0.1) is 6.61 Å². The van der Waals surface area contributed by atoms with Crippen LogP contribution in [-0.4, -0.2) is 51.8 Å². The molecule has 120 valence electrons. The molecule has 0 aromatic heterocycles. The van der Waals surface area contributed by atoms with Crippen molar-refractivity contribution in [1.29, 1.82) is 0 Å². The van der Waals surface area contributed by atoms with E-state index in [4.69, 9.17) is 4.74 Å². The molecule has 0 radical (unpaired) electrons. The number of likely N-dealkylation sites (N-methyl/N-ethyl adjacent to an activating group) is 1. The van der Waals surface area contributed by atoms with Crippen LogP contribution in [0.2, 0.25) is 0 Å². The minimum absolute atomic E-state index is 0.502. The Morgan fingerprint density at radius 2 is 1.75 bits per heavy atom. The molecule has 1 rings (SSSR count). The number of nitrogens with zero attached hydrogens (tertiary/aromatic N) is 1. The lowest BCUT2D eigenvalue weighted by atomic mass is 9.70. The van der Waals surface area contributed by atoms with Gasteiger partial charge in [0.15, 0.2) is 0 Å². The van der Waals surface area contributed by atoms with Gasteiger partial charge in [-0.3, -0.25) is 0 Å². The van der Waals surface area contributed by atoms with Gasteiger partial charge in [0.1, 0.15) is 0 Å². The summed E-state index contributed by atoms with van der Waals surface area (Å²) in [5.41, 5.74) is 0.502. The lowest BCUT2D eigenvalue weighted by Gasteiger charge is -2.38. The third-order valence-corrected chi connectivity index (χ3v) is 4.79. The summed E-state index contributed by atoms with van der Waals surface area (Å²) in [5, 5.41) is 3.41. The molecule has 1 fully saturated rings. The van der Waals surface area contributed by atoms with Crippen molar-refractivity contribution in [3.8, 4) is 0 Å². The fraction of sp³-hybridized carbons (Fsp3) is 1.00. The van der Waals surface area contributed by atoms with Crippen LogP contribution in [-0.2, 0) is 4.74 Å². The van der Waals surface area contributed by atoms with Gasteiger partial charge < -0.3 is 15.0 Å². The van der Waals surface area contributed by atoms with Crippen molar-refractivity contribution in [3.05, 3.63) is 0 Å². The third kappa shape index (κ3) is 7.05. The summed E-state index contributed by atoms with van der Waals surface area (Å²) in [6.07, 6.45) is 5.69. The van der Waals surface area contributed by atoms with E-state index in [1.54, 1.807) is 7.11 Å². The fourth-order valence-electron chi connectivity index (χ4n) is 3.31. The highest BCUT2D eigenvalue weighted by molar-refractivity contribution is 4.81. The maximum atomic E-state index is 5.03. The first-order valence-corrected chi connectivity index (χ1v) is 8.31. The average molecular weight is 284 g/mol. The molecule has 0 amide bonds. The lowest BCUT2D eigenvalue weighted by molar-refractivity contribution is 0.131. The van der Waals surface area contributed by atoms with Gasteiger partial charge in [0.25, 0.3) is 0 Å². The highest BCUT2D eigenvalue weighted by Gasteiger charge is 2.29. The zero-order valence-electron chi connectivity index (χ0n) is 14.4. The smallest absolute Gasteiger partial charge is 0.0587 e. The van der Waals surface area contributed by atoms with Crippen molar-refractivity contribution >= 4 is 0 Å². The van der Waals surface area contributed by atoms with E-state index in [2.05, 4.69) is 38.0 Å². The van der Waals surface area contributed by atoms with E-state index in [-0.39, 0.29) is 0 Å². The topological polar surface area (TPSA) is 24.5 Å². The monoisotopic (exact) mass is 284 g/mol. The maximum Gasteiger partial charge on any atom is 0.0587 e. The standard InChI is InChI=1S/C17H36N2O/c1-17(2,3)16-8-6-15(7-9-16)14-19(4)12-10-18-11-13-20-5/h15-16,18H,6-14H2,1-5H3. The summed E-state index contributed by atoms with van der Waals surface area (Å²) < 4.78 is 5.03. The van der Waals surface area contributed by atoms with E-state index in [9.17, 15) is 0 Å². The number of hydrogen-bond acceptors (Lipinski definition) is 3. The van der Waals surface area contributed by atoms with E-state index in [0.717, 1.165) is 38.1 Å². The second-order valence-electron chi connectivity index (χ2n) is 7.59. The summed E-state index contributed by atoms with van der Waals surface area (Å²) in [4.78, 5) is 2.49. The molecule has 3 heteroatoms. The Balaban J connectivity index is 2.10. The van der Waals surface area contributed by atoms with Crippen LogP contribution >= 0.6 is 0 Å². The number of methoxy groups -OCH3 is 1. The van der Waals surface area contributed by atoms with Crippen LogP contribution in [0.4, 0.5) is 0 Å². The summed E-state index contributed by atoms with van der Waals surface area (Å²) in [5.74, 6) is 1.84. The van der Waals surface area contributed by atoms with Crippen LogP contribution < -0.4 is 5.32 Å². The van der Waals surface area contributed by atoms with Gasteiger partial charge in [-0.1, -0.05) is 20.8 Å². The summed E-state index contributed by atoms with van der Waals surface area (Å²) in [6, 6.07) is 0. The number of nitrogens with one attached hydrogen (secondary N) is 1. The average Bonchev–Trinajstić information content (AvgIpc) is 2.38. The number of ether oxygens (including phenoxy) is 1. The molecule has 0 unspecified atom stereocenters. The van der Waals surface area contributed by atoms with Crippen LogP contribution in [0.15, 0.2) is 0 Å². The Morgan fingerprint density at radius 1 is 1.10 bits per heavy atom. The molecule has 3 nitrogen and oxygen atoms in total. The minimum atomic E-state index is 0.502.